The van der Waals surface area contributed by atoms with Gasteiger partial charge in [0.05, 0.1) is 13.2 Å². The zero-order valence-electron chi connectivity index (χ0n) is 9.79. The van der Waals surface area contributed by atoms with Gasteiger partial charge in [-0.2, -0.15) is 0 Å². The molecule has 1 aliphatic heterocycles. The summed E-state index contributed by atoms with van der Waals surface area (Å²) in [5, 5.41) is 4.39. The van der Waals surface area contributed by atoms with Crippen molar-refractivity contribution in [3.8, 4) is 0 Å². The first-order valence-electron chi connectivity index (χ1n) is 5.65. The van der Waals surface area contributed by atoms with E-state index in [0.717, 1.165) is 24.7 Å². The van der Waals surface area contributed by atoms with Gasteiger partial charge < -0.3 is 10.1 Å². The molecule has 3 heteroatoms. The Bertz CT molecular complexity index is 347. The summed E-state index contributed by atoms with van der Waals surface area (Å²) in [7, 11) is 0. The first kappa shape index (κ1) is 11.9. The predicted octanol–water partition coefficient (Wildman–Crippen LogP) is 2.65. The summed E-state index contributed by atoms with van der Waals surface area (Å²) in [4.78, 5) is 0. The van der Waals surface area contributed by atoms with E-state index in [1.165, 1.54) is 5.56 Å². The van der Waals surface area contributed by atoms with Gasteiger partial charge in [0.25, 0.3) is 0 Å². The number of ether oxygens (including phenoxy) is 1. The third-order valence-corrected chi connectivity index (χ3v) is 3.02. The molecule has 1 N–H and O–H groups in total. The molecular weight excluding hydrogens is 222 g/mol. The molecule has 88 valence electrons. The third-order valence-electron chi connectivity index (χ3n) is 2.77. The summed E-state index contributed by atoms with van der Waals surface area (Å²) < 4.78 is 5.60. The van der Waals surface area contributed by atoms with E-state index < -0.39 is 0 Å². The average molecular weight is 240 g/mol. The van der Waals surface area contributed by atoms with Crippen molar-refractivity contribution >= 4 is 11.6 Å². The van der Waals surface area contributed by atoms with Gasteiger partial charge in [-0.25, -0.2) is 0 Å². The van der Waals surface area contributed by atoms with Crippen molar-refractivity contribution in [2.24, 2.45) is 0 Å². The third kappa shape index (κ3) is 3.21. The summed E-state index contributed by atoms with van der Waals surface area (Å²) in [5.74, 6) is 0. The first-order chi connectivity index (χ1) is 7.55. The van der Waals surface area contributed by atoms with E-state index in [2.05, 4.69) is 31.3 Å². The molecule has 1 fully saturated rings. The molecule has 0 amide bonds. The van der Waals surface area contributed by atoms with E-state index in [9.17, 15) is 0 Å². The molecule has 2 rings (SSSR count). The molecule has 1 aromatic carbocycles. The number of rotatable bonds is 2. The fourth-order valence-electron chi connectivity index (χ4n) is 2.11. The predicted molar refractivity (Wildman–Crippen MR) is 67.0 cm³/mol. The van der Waals surface area contributed by atoms with E-state index in [4.69, 9.17) is 16.3 Å². The van der Waals surface area contributed by atoms with Crippen LogP contribution >= 0.6 is 11.6 Å². The molecule has 1 atom stereocenters. The Morgan fingerprint density at radius 1 is 1.38 bits per heavy atom. The van der Waals surface area contributed by atoms with E-state index in [1.54, 1.807) is 0 Å². The molecule has 0 aromatic heterocycles. The van der Waals surface area contributed by atoms with Crippen molar-refractivity contribution in [3.05, 3.63) is 34.9 Å². The normalized spacial score (nSPS) is 24.3. The van der Waals surface area contributed by atoms with Crippen LogP contribution in [0.5, 0.6) is 0 Å². The number of nitrogens with one attached hydrogen (secondary N) is 1. The van der Waals surface area contributed by atoms with Crippen LogP contribution in [-0.4, -0.2) is 24.8 Å². The van der Waals surface area contributed by atoms with Crippen LogP contribution in [0.4, 0.5) is 0 Å². The summed E-state index contributed by atoms with van der Waals surface area (Å²) in [6.07, 6.45) is 0.987. The SMILES string of the molecule is CC1(C)COCC(Cc2ccc(Cl)cc2)N1. The Balaban J connectivity index is 1.97. The Kier molecular flexibility index (Phi) is 3.53. The lowest BCUT2D eigenvalue weighted by molar-refractivity contribution is 0.0135. The van der Waals surface area contributed by atoms with Crippen molar-refractivity contribution in [2.75, 3.05) is 13.2 Å². The van der Waals surface area contributed by atoms with Gasteiger partial charge in [-0.15, -0.1) is 0 Å². The highest BCUT2D eigenvalue weighted by Crippen LogP contribution is 2.15. The molecule has 2 nitrogen and oxygen atoms in total. The van der Waals surface area contributed by atoms with Crippen molar-refractivity contribution in [1.82, 2.24) is 5.32 Å². The van der Waals surface area contributed by atoms with Crippen molar-refractivity contribution in [2.45, 2.75) is 31.8 Å². The number of halogens is 1. The van der Waals surface area contributed by atoms with Gasteiger partial charge in [-0.05, 0) is 38.0 Å². The lowest BCUT2D eigenvalue weighted by atomic mass is 9.99. The van der Waals surface area contributed by atoms with Crippen LogP contribution in [-0.2, 0) is 11.2 Å². The second-order valence-electron chi connectivity index (χ2n) is 5.07. The van der Waals surface area contributed by atoms with Crippen LogP contribution in [0.25, 0.3) is 0 Å². The summed E-state index contributed by atoms with van der Waals surface area (Å²) >= 11 is 5.86. The number of hydrogen-bond acceptors (Lipinski definition) is 2. The molecule has 0 radical (unpaired) electrons. The maximum Gasteiger partial charge on any atom is 0.0643 e. The summed E-state index contributed by atoms with van der Waals surface area (Å²) in [5.41, 5.74) is 1.37. The van der Waals surface area contributed by atoms with E-state index in [-0.39, 0.29) is 5.54 Å². The molecule has 1 aliphatic rings. The van der Waals surface area contributed by atoms with Gasteiger partial charge in [0, 0.05) is 16.6 Å². The minimum absolute atomic E-state index is 0.0787. The smallest absolute Gasteiger partial charge is 0.0643 e. The lowest BCUT2D eigenvalue weighted by Crippen LogP contribution is -2.56. The van der Waals surface area contributed by atoms with Crippen LogP contribution in [0.15, 0.2) is 24.3 Å². The lowest BCUT2D eigenvalue weighted by Gasteiger charge is -2.37. The van der Waals surface area contributed by atoms with Gasteiger partial charge in [0.15, 0.2) is 0 Å². The molecule has 0 saturated carbocycles. The Hall–Kier alpha value is -0.570. The monoisotopic (exact) mass is 239 g/mol. The maximum absolute atomic E-state index is 5.86. The Morgan fingerprint density at radius 3 is 2.69 bits per heavy atom. The molecular formula is C13H18ClNO. The first-order valence-corrected chi connectivity index (χ1v) is 6.03. The van der Waals surface area contributed by atoms with Crippen molar-refractivity contribution < 1.29 is 4.74 Å². The molecule has 1 aromatic rings. The highest BCUT2D eigenvalue weighted by Gasteiger charge is 2.27. The molecule has 0 spiro atoms. The summed E-state index contributed by atoms with van der Waals surface area (Å²) in [6, 6.07) is 8.42. The van der Waals surface area contributed by atoms with Crippen LogP contribution in [0.3, 0.4) is 0 Å². The van der Waals surface area contributed by atoms with Crippen LogP contribution in [0, 0.1) is 0 Å². The Morgan fingerprint density at radius 2 is 2.06 bits per heavy atom. The molecule has 16 heavy (non-hydrogen) atoms. The number of hydrogen-bond donors (Lipinski definition) is 1. The topological polar surface area (TPSA) is 21.3 Å². The van der Waals surface area contributed by atoms with Gasteiger partial charge in [0.1, 0.15) is 0 Å². The second-order valence-corrected chi connectivity index (χ2v) is 5.51. The molecule has 0 aliphatic carbocycles. The molecule has 0 bridgehead atoms. The fourth-order valence-corrected chi connectivity index (χ4v) is 2.23. The summed E-state index contributed by atoms with van der Waals surface area (Å²) in [6.45, 7) is 5.90. The standard InChI is InChI=1S/C13H18ClNO/c1-13(2)9-16-8-12(15-13)7-10-3-5-11(14)6-4-10/h3-6,12,15H,7-9H2,1-2H3. The zero-order chi connectivity index (χ0) is 11.6. The number of morpholine rings is 1. The average Bonchev–Trinajstić information content (AvgIpc) is 2.20. The van der Waals surface area contributed by atoms with Gasteiger partial charge in [0.2, 0.25) is 0 Å². The van der Waals surface area contributed by atoms with E-state index >= 15 is 0 Å². The minimum Gasteiger partial charge on any atom is -0.378 e. The van der Waals surface area contributed by atoms with Crippen molar-refractivity contribution in [3.63, 3.8) is 0 Å². The van der Waals surface area contributed by atoms with Crippen LogP contribution < -0.4 is 5.32 Å². The van der Waals surface area contributed by atoms with Gasteiger partial charge in [-0.1, -0.05) is 23.7 Å². The maximum atomic E-state index is 5.86. The largest absolute Gasteiger partial charge is 0.378 e. The van der Waals surface area contributed by atoms with E-state index in [0.29, 0.717) is 6.04 Å². The van der Waals surface area contributed by atoms with Crippen LogP contribution in [0.1, 0.15) is 19.4 Å². The Labute approximate surface area is 102 Å². The molecule has 1 unspecified atom stereocenters. The number of benzene rings is 1. The quantitative estimate of drug-likeness (QED) is 0.857. The highest BCUT2D eigenvalue weighted by molar-refractivity contribution is 6.30. The van der Waals surface area contributed by atoms with Gasteiger partial charge in [-0.3, -0.25) is 0 Å². The highest BCUT2D eigenvalue weighted by atomic mass is 35.5. The van der Waals surface area contributed by atoms with Gasteiger partial charge >= 0.3 is 0 Å². The van der Waals surface area contributed by atoms with Crippen molar-refractivity contribution in [1.29, 1.82) is 0 Å². The van der Waals surface area contributed by atoms with Crippen LogP contribution in [0.2, 0.25) is 5.02 Å². The van der Waals surface area contributed by atoms with E-state index in [1.807, 2.05) is 12.1 Å². The second kappa shape index (κ2) is 4.74. The zero-order valence-corrected chi connectivity index (χ0v) is 10.6. The molecule has 1 heterocycles. The minimum atomic E-state index is 0.0787. The fraction of sp³-hybridized carbons (Fsp3) is 0.538. The molecule has 1 saturated heterocycles.